The van der Waals surface area contributed by atoms with E-state index in [1.54, 1.807) is 6.07 Å². The van der Waals surface area contributed by atoms with E-state index in [4.69, 9.17) is 21.4 Å². The molecule has 5 heterocycles. The summed E-state index contributed by atoms with van der Waals surface area (Å²) in [4.78, 5) is 38.2. The van der Waals surface area contributed by atoms with Crippen molar-refractivity contribution < 1.29 is 4.79 Å². The zero-order valence-corrected chi connectivity index (χ0v) is 22.1. The number of aromatic nitrogens is 3. The van der Waals surface area contributed by atoms with Crippen molar-refractivity contribution in [1.82, 2.24) is 30.1 Å². The van der Waals surface area contributed by atoms with Crippen LogP contribution in [-0.4, -0.2) is 94.4 Å². The second-order valence-electron chi connectivity index (χ2n) is 10.2. The van der Waals surface area contributed by atoms with Crippen molar-refractivity contribution in [2.24, 2.45) is 4.99 Å². The molecule has 11 heteroatoms. The molecule has 1 unspecified atom stereocenters. The van der Waals surface area contributed by atoms with Crippen LogP contribution in [0.1, 0.15) is 53.6 Å². The number of piperidine rings is 1. The Morgan fingerprint density at radius 2 is 1.84 bits per heavy atom. The predicted octanol–water partition coefficient (Wildman–Crippen LogP) is 1.21. The molecule has 1 atom stereocenters. The van der Waals surface area contributed by atoms with Gasteiger partial charge in [0.25, 0.3) is 5.91 Å². The van der Waals surface area contributed by atoms with E-state index in [0.717, 1.165) is 88.1 Å². The number of nitrogens with two attached hydrogens (primary N) is 2. The fourth-order valence-electron chi connectivity index (χ4n) is 5.79. The quantitative estimate of drug-likeness (QED) is 0.545. The van der Waals surface area contributed by atoms with Crippen molar-refractivity contribution in [2.45, 2.75) is 52.1 Å². The highest BCUT2D eigenvalue weighted by atomic mass is 16.2. The molecule has 2 aromatic heterocycles. The van der Waals surface area contributed by atoms with Crippen molar-refractivity contribution >= 4 is 29.2 Å². The first-order valence-corrected chi connectivity index (χ1v) is 13.3. The molecule has 0 spiro atoms. The van der Waals surface area contributed by atoms with Crippen LogP contribution in [0, 0.1) is 13.8 Å². The topological polar surface area (TPSA) is 142 Å². The Kier molecular flexibility index (Phi) is 7.14. The maximum Gasteiger partial charge on any atom is 0.257 e. The number of rotatable bonds is 5. The number of hydrogen-bond acceptors (Lipinski definition) is 10. The lowest BCUT2D eigenvalue weighted by molar-refractivity contribution is 0.0491. The van der Waals surface area contributed by atoms with Gasteiger partial charge < -0.3 is 26.6 Å². The van der Waals surface area contributed by atoms with Crippen molar-refractivity contribution in [3.63, 3.8) is 0 Å². The number of anilines is 3. The van der Waals surface area contributed by atoms with Crippen molar-refractivity contribution in [3.05, 3.63) is 34.8 Å². The molecule has 11 nitrogen and oxygen atoms in total. The fraction of sp³-hybridized carbons (Fsp3) is 0.577. The zero-order valence-electron chi connectivity index (χ0n) is 22.1. The summed E-state index contributed by atoms with van der Waals surface area (Å²) < 4.78 is 0. The molecule has 2 fully saturated rings. The van der Waals surface area contributed by atoms with E-state index < -0.39 is 0 Å². The first-order chi connectivity index (χ1) is 17.9. The Hall–Kier alpha value is -3.47. The Balaban J connectivity index is 1.22. The number of pyridine rings is 1. The van der Waals surface area contributed by atoms with E-state index in [-0.39, 0.29) is 5.91 Å². The van der Waals surface area contributed by atoms with Gasteiger partial charge in [0, 0.05) is 57.0 Å². The molecular formula is C26H38N10O. The molecular weight excluding hydrogens is 468 g/mol. The summed E-state index contributed by atoms with van der Waals surface area (Å²) in [6.45, 7) is 11.8. The van der Waals surface area contributed by atoms with Crippen LogP contribution in [0.15, 0.2) is 17.1 Å². The van der Waals surface area contributed by atoms with Gasteiger partial charge in [-0.25, -0.2) is 15.0 Å². The third kappa shape index (κ3) is 5.04. The minimum atomic E-state index is -0.0193. The summed E-state index contributed by atoms with van der Waals surface area (Å²) >= 11 is 0. The summed E-state index contributed by atoms with van der Waals surface area (Å²) in [6.07, 6.45) is 2.95. The standard InChI is InChI=1S/C26H38N10O/c1-4-18-15-35(25-17(3)32-21(23(28)33-25)24-29-9-10-30-24)13-14-36(18)19-7-11-34(12-8-19)26(37)20-6-5-16(2)31-22(20)27/h5-6,18-19H,4,7-15H2,1-3H3,(H2,27,31)(H2,28,33)(H,29,30). The fourth-order valence-corrected chi connectivity index (χ4v) is 5.79. The molecule has 0 saturated carbocycles. The Morgan fingerprint density at radius 1 is 1.05 bits per heavy atom. The Morgan fingerprint density at radius 3 is 2.51 bits per heavy atom. The van der Waals surface area contributed by atoms with Crippen LogP contribution < -0.4 is 21.7 Å². The Bertz CT molecular complexity index is 1190. The van der Waals surface area contributed by atoms with Gasteiger partial charge in [-0.1, -0.05) is 6.92 Å². The van der Waals surface area contributed by atoms with Gasteiger partial charge in [-0.05, 0) is 45.2 Å². The highest BCUT2D eigenvalue weighted by Gasteiger charge is 2.35. The molecule has 2 saturated heterocycles. The molecule has 5 rings (SSSR count). The normalized spacial score (nSPS) is 21.2. The lowest BCUT2D eigenvalue weighted by atomic mass is 9.97. The van der Waals surface area contributed by atoms with Gasteiger partial charge in [-0.15, -0.1) is 0 Å². The van der Waals surface area contributed by atoms with Crippen LogP contribution in [-0.2, 0) is 0 Å². The van der Waals surface area contributed by atoms with Crippen LogP contribution in [0.25, 0.3) is 0 Å². The number of carbonyl (C=O) groups excluding carboxylic acids is 1. The number of aliphatic imine (C=N–C) groups is 1. The number of carbonyl (C=O) groups is 1. The van der Waals surface area contributed by atoms with Gasteiger partial charge >= 0.3 is 0 Å². The molecule has 0 radical (unpaired) electrons. The van der Waals surface area contributed by atoms with E-state index >= 15 is 0 Å². The number of nitrogens with one attached hydrogen (secondary N) is 1. The van der Waals surface area contributed by atoms with Crippen molar-refractivity contribution in [3.8, 4) is 0 Å². The second-order valence-corrected chi connectivity index (χ2v) is 10.2. The molecule has 3 aliphatic rings. The summed E-state index contributed by atoms with van der Waals surface area (Å²) in [5.41, 5.74) is 15.2. The van der Waals surface area contributed by atoms with Gasteiger partial charge in [0.15, 0.2) is 17.5 Å². The minimum Gasteiger partial charge on any atom is -0.383 e. The lowest BCUT2D eigenvalue weighted by Gasteiger charge is -2.47. The third-order valence-corrected chi connectivity index (χ3v) is 7.78. The van der Waals surface area contributed by atoms with E-state index in [1.807, 2.05) is 24.8 Å². The summed E-state index contributed by atoms with van der Waals surface area (Å²) in [5.74, 6) is 2.32. The SMILES string of the molecule is CCC1CN(c2nc(N)c(C3=NCCN3)nc2C)CCN1C1CCN(C(=O)c2ccc(C)nc2N)CC1. The average molecular weight is 507 g/mol. The van der Waals surface area contributed by atoms with E-state index in [9.17, 15) is 4.79 Å². The maximum atomic E-state index is 13.1. The summed E-state index contributed by atoms with van der Waals surface area (Å²) in [5, 5.41) is 3.24. The lowest BCUT2D eigenvalue weighted by Crippen LogP contribution is -2.59. The van der Waals surface area contributed by atoms with Crippen LogP contribution in [0.5, 0.6) is 0 Å². The number of amidine groups is 1. The maximum absolute atomic E-state index is 13.1. The molecule has 198 valence electrons. The first kappa shape index (κ1) is 25.2. The highest BCUT2D eigenvalue weighted by Crippen LogP contribution is 2.28. The van der Waals surface area contributed by atoms with Gasteiger partial charge in [-0.3, -0.25) is 14.7 Å². The Labute approximate surface area is 218 Å². The van der Waals surface area contributed by atoms with E-state index in [0.29, 0.717) is 35.0 Å². The van der Waals surface area contributed by atoms with Crippen LogP contribution >= 0.6 is 0 Å². The third-order valence-electron chi connectivity index (χ3n) is 7.78. The van der Waals surface area contributed by atoms with Gasteiger partial charge in [-0.2, -0.15) is 0 Å². The van der Waals surface area contributed by atoms with Crippen molar-refractivity contribution in [1.29, 1.82) is 0 Å². The molecule has 1 amide bonds. The summed E-state index contributed by atoms with van der Waals surface area (Å²) in [7, 11) is 0. The van der Waals surface area contributed by atoms with Gasteiger partial charge in [0.2, 0.25) is 0 Å². The van der Waals surface area contributed by atoms with E-state index in [2.05, 4.69) is 32.0 Å². The van der Waals surface area contributed by atoms with E-state index in [1.165, 1.54) is 0 Å². The van der Waals surface area contributed by atoms with Crippen LogP contribution in [0.4, 0.5) is 17.5 Å². The minimum absolute atomic E-state index is 0.0193. The van der Waals surface area contributed by atoms with Crippen LogP contribution in [0.2, 0.25) is 0 Å². The molecule has 0 aromatic carbocycles. The number of nitrogen functional groups attached to an aromatic ring is 2. The largest absolute Gasteiger partial charge is 0.383 e. The van der Waals surface area contributed by atoms with Crippen LogP contribution in [0.3, 0.4) is 0 Å². The number of nitrogens with zero attached hydrogens (tertiary/aromatic N) is 7. The smallest absolute Gasteiger partial charge is 0.257 e. The van der Waals surface area contributed by atoms with Gasteiger partial charge in [0.05, 0.1) is 17.8 Å². The number of likely N-dealkylation sites (tertiary alicyclic amines) is 1. The molecule has 5 N–H and O–H groups in total. The van der Waals surface area contributed by atoms with Crippen molar-refractivity contribution in [2.75, 3.05) is 62.2 Å². The number of amides is 1. The zero-order chi connectivity index (χ0) is 26.1. The predicted molar refractivity (Wildman–Crippen MR) is 146 cm³/mol. The number of aryl methyl sites for hydroxylation is 2. The molecule has 3 aliphatic heterocycles. The summed E-state index contributed by atoms with van der Waals surface area (Å²) in [6, 6.07) is 4.49. The van der Waals surface area contributed by atoms with Gasteiger partial charge in [0.1, 0.15) is 11.5 Å². The molecule has 0 aliphatic carbocycles. The number of piperazine rings is 1. The monoisotopic (exact) mass is 506 g/mol. The molecule has 37 heavy (non-hydrogen) atoms. The highest BCUT2D eigenvalue weighted by molar-refractivity contribution is 6.01. The second kappa shape index (κ2) is 10.5. The molecule has 0 bridgehead atoms. The average Bonchev–Trinajstić information content (AvgIpc) is 3.44. The number of hydrogen-bond donors (Lipinski definition) is 3. The molecule has 2 aromatic rings. The first-order valence-electron chi connectivity index (χ1n) is 13.3.